The summed E-state index contributed by atoms with van der Waals surface area (Å²) in [5, 5.41) is 12.0. The Balaban J connectivity index is 1.85. The van der Waals surface area contributed by atoms with Gasteiger partial charge in [-0.3, -0.25) is 4.79 Å². The van der Waals surface area contributed by atoms with Crippen molar-refractivity contribution < 1.29 is 9.90 Å². The van der Waals surface area contributed by atoms with Gasteiger partial charge in [0, 0.05) is 24.3 Å². The molecule has 0 aliphatic carbocycles. The number of anilines is 2. The Labute approximate surface area is 131 Å². The van der Waals surface area contributed by atoms with Gasteiger partial charge in [0.25, 0.3) is 0 Å². The first-order valence-corrected chi connectivity index (χ1v) is 7.57. The largest absolute Gasteiger partial charge is 0.481 e. The molecule has 0 heterocycles. The van der Waals surface area contributed by atoms with Gasteiger partial charge in [-0.2, -0.15) is 0 Å². The second-order valence-electron chi connectivity index (χ2n) is 5.34. The summed E-state index contributed by atoms with van der Waals surface area (Å²) in [5.41, 5.74) is 9.88. The number of carboxylic acids is 1. The summed E-state index contributed by atoms with van der Waals surface area (Å²) in [4.78, 5) is 10.4. The lowest BCUT2D eigenvalue weighted by molar-refractivity contribution is -0.137. The van der Waals surface area contributed by atoms with Crippen molar-refractivity contribution in [2.45, 2.75) is 25.7 Å². The van der Waals surface area contributed by atoms with Crippen molar-refractivity contribution in [2.24, 2.45) is 0 Å². The number of aliphatic carboxylic acids is 1. The van der Waals surface area contributed by atoms with E-state index in [2.05, 4.69) is 17.4 Å². The van der Waals surface area contributed by atoms with E-state index in [4.69, 9.17) is 10.8 Å². The Hall–Kier alpha value is -2.49. The number of carboxylic acid groups (broad SMARTS) is 1. The third-order valence-electron chi connectivity index (χ3n) is 3.48. The second-order valence-corrected chi connectivity index (χ2v) is 5.34. The highest BCUT2D eigenvalue weighted by Gasteiger charge is 2.00. The van der Waals surface area contributed by atoms with Crippen LogP contribution in [0.2, 0.25) is 0 Å². The third-order valence-corrected chi connectivity index (χ3v) is 3.48. The second kappa shape index (κ2) is 8.08. The summed E-state index contributed by atoms with van der Waals surface area (Å²) in [6.45, 7) is 0.847. The number of rotatable bonds is 8. The maximum absolute atomic E-state index is 10.4. The number of unbranched alkanes of at least 4 members (excludes halogenated alkanes) is 2. The molecule has 2 aromatic rings. The zero-order chi connectivity index (χ0) is 15.8. The summed E-state index contributed by atoms with van der Waals surface area (Å²) in [7, 11) is 0. The van der Waals surface area contributed by atoms with Crippen molar-refractivity contribution in [2.75, 3.05) is 17.6 Å². The maximum atomic E-state index is 10.4. The molecule has 2 rings (SSSR count). The van der Waals surface area contributed by atoms with Crippen LogP contribution in [0.4, 0.5) is 11.4 Å². The number of nitrogen functional groups attached to an aromatic ring is 1. The van der Waals surface area contributed by atoms with E-state index in [-0.39, 0.29) is 6.42 Å². The highest BCUT2D eigenvalue weighted by atomic mass is 16.4. The lowest BCUT2D eigenvalue weighted by Crippen LogP contribution is -2.02. The van der Waals surface area contributed by atoms with Gasteiger partial charge in [-0.15, -0.1) is 0 Å². The number of nitrogens with one attached hydrogen (secondary N) is 1. The van der Waals surface area contributed by atoms with Crippen molar-refractivity contribution in [1.29, 1.82) is 0 Å². The SMILES string of the molecule is Nc1cccc(-c2cccc(NCCCCCC(=O)O)c2)c1. The van der Waals surface area contributed by atoms with Gasteiger partial charge in [-0.1, -0.05) is 30.7 Å². The summed E-state index contributed by atoms with van der Waals surface area (Å²) in [5.74, 6) is -0.720. The molecule has 0 radical (unpaired) electrons. The Morgan fingerprint density at radius 3 is 2.45 bits per heavy atom. The fourth-order valence-corrected chi connectivity index (χ4v) is 2.34. The number of benzene rings is 2. The van der Waals surface area contributed by atoms with Crippen molar-refractivity contribution in [1.82, 2.24) is 0 Å². The molecule has 0 fully saturated rings. The molecular formula is C18H22N2O2. The standard InChI is InChI=1S/C18H22N2O2/c19-16-8-4-6-14(12-16)15-7-5-9-17(13-15)20-11-3-1-2-10-18(21)22/h4-9,12-13,20H,1-3,10-11,19H2,(H,21,22). The average molecular weight is 298 g/mol. The van der Waals surface area contributed by atoms with E-state index < -0.39 is 5.97 Å². The fourth-order valence-electron chi connectivity index (χ4n) is 2.34. The first-order valence-electron chi connectivity index (χ1n) is 7.57. The molecule has 0 saturated heterocycles. The quantitative estimate of drug-likeness (QED) is 0.509. The lowest BCUT2D eigenvalue weighted by atomic mass is 10.0. The van der Waals surface area contributed by atoms with Gasteiger partial charge in [0.05, 0.1) is 0 Å². The van der Waals surface area contributed by atoms with Crippen LogP contribution >= 0.6 is 0 Å². The van der Waals surface area contributed by atoms with Crippen molar-refractivity contribution >= 4 is 17.3 Å². The molecule has 4 nitrogen and oxygen atoms in total. The molecule has 0 saturated carbocycles. The summed E-state index contributed by atoms with van der Waals surface area (Å²) in [6.07, 6.45) is 2.88. The minimum Gasteiger partial charge on any atom is -0.481 e. The van der Waals surface area contributed by atoms with Gasteiger partial charge in [0.2, 0.25) is 0 Å². The van der Waals surface area contributed by atoms with Gasteiger partial charge in [-0.25, -0.2) is 0 Å². The molecule has 4 N–H and O–H groups in total. The van der Waals surface area contributed by atoms with E-state index in [1.54, 1.807) is 0 Å². The fraction of sp³-hybridized carbons (Fsp3) is 0.278. The van der Waals surface area contributed by atoms with E-state index in [0.29, 0.717) is 0 Å². The van der Waals surface area contributed by atoms with E-state index in [1.807, 2.05) is 36.4 Å². The van der Waals surface area contributed by atoms with E-state index >= 15 is 0 Å². The summed E-state index contributed by atoms with van der Waals surface area (Å²) in [6, 6.07) is 16.1. The molecule has 0 atom stereocenters. The van der Waals surface area contributed by atoms with E-state index in [9.17, 15) is 4.79 Å². The van der Waals surface area contributed by atoms with Crippen molar-refractivity contribution in [3.63, 3.8) is 0 Å². The van der Waals surface area contributed by atoms with Crippen LogP contribution in [0.3, 0.4) is 0 Å². The Kier molecular flexibility index (Phi) is 5.83. The van der Waals surface area contributed by atoms with Gasteiger partial charge >= 0.3 is 5.97 Å². The topological polar surface area (TPSA) is 75.3 Å². The molecule has 0 aromatic heterocycles. The predicted octanol–water partition coefficient (Wildman–Crippen LogP) is 3.99. The van der Waals surface area contributed by atoms with Crippen LogP contribution in [0.15, 0.2) is 48.5 Å². The highest BCUT2D eigenvalue weighted by molar-refractivity contribution is 5.70. The highest BCUT2D eigenvalue weighted by Crippen LogP contribution is 2.24. The predicted molar refractivity (Wildman–Crippen MR) is 90.9 cm³/mol. The van der Waals surface area contributed by atoms with Crippen LogP contribution in [-0.2, 0) is 4.79 Å². The van der Waals surface area contributed by atoms with Gasteiger partial charge < -0.3 is 16.2 Å². The zero-order valence-electron chi connectivity index (χ0n) is 12.6. The minimum atomic E-state index is -0.720. The number of nitrogens with two attached hydrogens (primary N) is 1. The van der Waals surface area contributed by atoms with E-state index in [1.165, 1.54) is 0 Å². The molecular weight excluding hydrogens is 276 g/mol. The van der Waals surface area contributed by atoms with E-state index in [0.717, 1.165) is 48.3 Å². The van der Waals surface area contributed by atoms with Crippen LogP contribution < -0.4 is 11.1 Å². The first kappa shape index (κ1) is 15.9. The molecule has 0 spiro atoms. The summed E-state index contributed by atoms with van der Waals surface area (Å²) < 4.78 is 0. The Bertz CT molecular complexity index is 626. The molecule has 0 aliphatic rings. The van der Waals surface area contributed by atoms with Crippen molar-refractivity contribution in [3.8, 4) is 11.1 Å². The van der Waals surface area contributed by atoms with Gasteiger partial charge in [-0.05, 0) is 48.2 Å². The monoisotopic (exact) mass is 298 g/mol. The van der Waals surface area contributed by atoms with Gasteiger partial charge in [0.1, 0.15) is 0 Å². The average Bonchev–Trinajstić information content (AvgIpc) is 2.51. The molecule has 0 amide bonds. The van der Waals surface area contributed by atoms with Crippen molar-refractivity contribution in [3.05, 3.63) is 48.5 Å². The zero-order valence-corrected chi connectivity index (χ0v) is 12.6. The maximum Gasteiger partial charge on any atom is 0.303 e. The molecule has 0 bridgehead atoms. The Morgan fingerprint density at radius 1 is 1.00 bits per heavy atom. The summed E-state index contributed by atoms with van der Waals surface area (Å²) >= 11 is 0. The lowest BCUT2D eigenvalue weighted by Gasteiger charge is -2.09. The molecule has 4 heteroatoms. The van der Waals surface area contributed by atoms with Crippen LogP contribution in [0.5, 0.6) is 0 Å². The number of hydrogen-bond acceptors (Lipinski definition) is 3. The van der Waals surface area contributed by atoms with Gasteiger partial charge in [0.15, 0.2) is 0 Å². The number of hydrogen-bond donors (Lipinski definition) is 3. The molecule has 22 heavy (non-hydrogen) atoms. The molecule has 0 unspecified atom stereocenters. The number of carbonyl (C=O) groups is 1. The first-order chi connectivity index (χ1) is 10.6. The Morgan fingerprint density at radius 2 is 1.73 bits per heavy atom. The molecule has 0 aliphatic heterocycles. The third kappa shape index (κ3) is 5.13. The van der Waals surface area contributed by atoms with Crippen LogP contribution in [0.25, 0.3) is 11.1 Å². The van der Waals surface area contributed by atoms with Crippen LogP contribution in [0, 0.1) is 0 Å². The minimum absolute atomic E-state index is 0.255. The van der Waals surface area contributed by atoms with Crippen LogP contribution in [0.1, 0.15) is 25.7 Å². The van der Waals surface area contributed by atoms with Crippen LogP contribution in [-0.4, -0.2) is 17.6 Å². The molecule has 2 aromatic carbocycles. The molecule has 116 valence electrons. The normalized spacial score (nSPS) is 10.4. The smallest absolute Gasteiger partial charge is 0.303 e.